The van der Waals surface area contributed by atoms with Crippen LogP contribution in [-0.4, -0.2) is 21.6 Å². The maximum absolute atomic E-state index is 5.91. The average Bonchev–Trinajstić information content (AvgIpc) is 2.40. The summed E-state index contributed by atoms with van der Waals surface area (Å²) in [5.41, 5.74) is 3.10. The zero-order chi connectivity index (χ0) is 15.4. The quantitative estimate of drug-likeness (QED) is 0.842. The molecule has 0 amide bonds. The van der Waals surface area contributed by atoms with Gasteiger partial charge in [0.05, 0.1) is 6.61 Å². The lowest BCUT2D eigenvalue weighted by Crippen LogP contribution is -2.06. The highest BCUT2D eigenvalue weighted by Crippen LogP contribution is 2.27. The van der Waals surface area contributed by atoms with Crippen molar-refractivity contribution in [1.29, 1.82) is 0 Å². The second-order valence-corrected chi connectivity index (χ2v) is 5.85. The van der Waals surface area contributed by atoms with Crippen LogP contribution in [0, 0.1) is 13.8 Å². The van der Waals surface area contributed by atoms with E-state index in [4.69, 9.17) is 16.3 Å². The molecule has 1 N–H and O–H groups in total. The monoisotopic (exact) mass is 370 g/mol. The number of ether oxygens (including phenoxy) is 1. The Balaban J connectivity index is 2.29. The molecule has 0 saturated heterocycles. The van der Waals surface area contributed by atoms with Crippen LogP contribution in [0.3, 0.4) is 0 Å². The number of hydrogen-bond donors (Lipinski definition) is 1. The van der Waals surface area contributed by atoms with Crippen molar-refractivity contribution in [2.24, 2.45) is 0 Å². The summed E-state index contributed by atoms with van der Waals surface area (Å²) >= 11 is 9.38. The molecule has 1 aromatic heterocycles. The number of benzene rings is 1. The number of rotatable bonds is 5. The standard InChI is InChI=1S/C14H16BrClN4O/c1-4-5-21-14-19-12(16)18-13(20-14)17-11-8(2)6-10(15)7-9(11)3/h6-7H,4-5H2,1-3H3,(H,17,18,19,20). The molecule has 0 radical (unpaired) electrons. The molecule has 0 aliphatic heterocycles. The summed E-state index contributed by atoms with van der Waals surface area (Å²) in [5, 5.41) is 3.28. The first-order valence-electron chi connectivity index (χ1n) is 6.57. The Morgan fingerprint density at radius 3 is 2.48 bits per heavy atom. The maximum Gasteiger partial charge on any atom is 0.322 e. The molecule has 7 heteroatoms. The van der Waals surface area contributed by atoms with Gasteiger partial charge in [0.25, 0.3) is 0 Å². The predicted octanol–water partition coefficient (Wildman–Crippen LogP) is 4.44. The third-order valence-corrected chi connectivity index (χ3v) is 3.38. The summed E-state index contributed by atoms with van der Waals surface area (Å²) in [5.74, 6) is 0.370. The predicted molar refractivity (Wildman–Crippen MR) is 87.5 cm³/mol. The number of halogens is 2. The summed E-state index contributed by atoms with van der Waals surface area (Å²) < 4.78 is 6.43. The van der Waals surface area contributed by atoms with Gasteiger partial charge in [0, 0.05) is 10.2 Å². The Morgan fingerprint density at radius 2 is 1.86 bits per heavy atom. The van der Waals surface area contributed by atoms with Gasteiger partial charge in [-0.1, -0.05) is 22.9 Å². The Kier molecular flexibility index (Phi) is 5.36. The van der Waals surface area contributed by atoms with Crippen LogP contribution in [0.5, 0.6) is 6.01 Å². The molecule has 1 heterocycles. The fourth-order valence-electron chi connectivity index (χ4n) is 1.87. The Bertz CT molecular complexity index is 628. The molecule has 0 spiro atoms. The zero-order valence-corrected chi connectivity index (χ0v) is 14.4. The molecule has 0 aliphatic carbocycles. The van der Waals surface area contributed by atoms with Crippen molar-refractivity contribution in [3.63, 3.8) is 0 Å². The van der Waals surface area contributed by atoms with Gasteiger partial charge in [-0.05, 0) is 55.1 Å². The molecule has 2 rings (SSSR count). The van der Waals surface area contributed by atoms with Crippen LogP contribution in [0.4, 0.5) is 11.6 Å². The zero-order valence-electron chi connectivity index (χ0n) is 12.1. The highest BCUT2D eigenvalue weighted by molar-refractivity contribution is 9.10. The van der Waals surface area contributed by atoms with E-state index >= 15 is 0 Å². The lowest BCUT2D eigenvalue weighted by atomic mass is 10.1. The largest absolute Gasteiger partial charge is 0.463 e. The van der Waals surface area contributed by atoms with E-state index in [-0.39, 0.29) is 11.3 Å². The van der Waals surface area contributed by atoms with Gasteiger partial charge in [0.1, 0.15) is 0 Å². The lowest BCUT2D eigenvalue weighted by Gasteiger charge is -2.12. The molecule has 0 atom stereocenters. The van der Waals surface area contributed by atoms with Crippen LogP contribution in [0.2, 0.25) is 5.28 Å². The summed E-state index contributed by atoms with van der Waals surface area (Å²) in [6, 6.07) is 4.27. The van der Waals surface area contributed by atoms with Crippen LogP contribution in [0.15, 0.2) is 16.6 Å². The van der Waals surface area contributed by atoms with Crippen LogP contribution in [0.1, 0.15) is 24.5 Å². The smallest absolute Gasteiger partial charge is 0.322 e. The van der Waals surface area contributed by atoms with Crippen LogP contribution in [0.25, 0.3) is 0 Å². The highest BCUT2D eigenvalue weighted by Gasteiger charge is 2.10. The van der Waals surface area contributed by atoms with Crippen molar-refractivity contribution in [2.45, 2.75) is 27.2 Å². The normalized spacial score (nSPS) is 10.5. The molecule has 5 nitrogen and oxygen atoms in total. The van der Waals surface area contributed by atoms with E-state index in [1.165, 1.54) is 0 Å². The summed E-state index contributed by atoms with van der Waals surface area (Å²) in [6.45, 7) is 6.57. The number of aryl methyl sites for hydroxylation is 2. The van der Waals surface area contributed by atoms with Crippen molar-refractivity contribution < 1.29 is 4.74 Å². The Morgan fingerprint density at radius 1 is 1.19 bits per heavy atom. The second kappa shape index (κ2) is 7.04. The van der Waals surface area contributed by atoms with E-state index in [9.17, 15) is 0 Å². The minimum atomic E-state index is 0.103. The maximum atomic E-state index is 5.91. The van der Waals surface area contributed by atoms with Gasteiger partial charge in [0.2, 0.25) is 11.2 Å². The molecule has 0 bridgehead atoms. The van der Waals surface area contributed by atoms with Gasteiger partial charge in [-0.15, -0.1) is 0 Å². The van der Waals surface area contributed by atoms with Gasteiger partial charge < -0.3 is 10.1 Å². The molecule has 2 aromatic rings. The van der Waals surface area contributed by atoms with Gasteiger partial charge in [-0.25, -0.2) is 0 Å². The molecule has 0 aliphatic rings. The van der Waals surface area contributed by atoms with Crippen molar-refractivity contribution >= 4 is 39.2 Å². The number of aromatic nitrogens is 3. The fourth-order valence-corrected chi connectivity index (χ4v) is 2.70. The first-order valence-corrected chi connectivity index (χ1v) is 7.75. The molecular formula is C14H16BrClN4O. The summed E-state index contributed by atoms with van der Waals surface area (Å²) in [6.07, 6.45) is 0.872. The minimum Gasteiger partial charge on any atom is -0.463 e. The molecule has 0 fully saturated rings. The van der Waals surface area contributed by atoms with E-state index in [0.29, 0.717) is 12.6 Å². The molecule has 1 aromatic carbocycles. The van der Waals surface area contributed by atoms with E-state index in [0.717, 1.165) is 27.7 Å². The van der Waals surface area contributed by atoms with Crippen molar-refractivity contribution in [3.05, 3.63) is 33.0 Å². The van der Waals surface area contributed by atoms with Crippen LogP contribution >= 0.6 is 27.5 Å². The van der Waals surface area contributed by atoms with Crippen molar-refractivity contribution in [1.82, 2.24) is 15.0 Å². The van der Waals surface area contributed by atoms with E-state index < -0.39 is 0 Å². The van der Waals surface area contributed by atoms with Crippen molar-refractivity contribution in [2.75, 3.05) is 11.9 Å². The van der Waals surface area contributed by atoms with Crippen LogP contribution < -0.4 is 10.1 Å². The first-order chi connectivity index (χ1) is 9.99. The van der Waals surface area contributed by atoms with Gasteiger partial charge in [-0.2, -0.15) is 15.0 Å². The van der Waals surface area contributed by atoms with Gasteiger partial charge >= 0.3 is 6.01 Å². The molecule has 0 unspecified atom stereocenters. The highest BCUT2D eigenvalue weighted by atomic mass is 79.9. The molecule has 112 valence electrons. The second-order valence-electron chi connectivity index (χ2n) is 4.60. The van der Waals surface area contributed by atoms with E-state index in [1.807, 2.05) is 32.9 Å². The molecular weight excluding hydrogens is 356 g/mol. The average molecular weight is 372 g/mol. The Hall–Kier alpha value is -1.40. The minimum absolute atomic E-state index is 0.103. The first kappa shape index (κ1) is 16.0. The van der Waals surface area contributed by atoms with Crippen LogP contribution in [-0.2, 0) is 0 Å². The SMILES string of the molecule is CCCOc1nc(Cl)nc(Nc2c(C)cc(Br)cc2C)n1. The molecule has 0 saturated carbocycles. The van der Waals surface area contributed by atoms with Gasteiger partial charge in [-0.3, -0.25) is 0 Å². The van der Waals surface area contributed by atoms with E-state index in [1.54, 1.807) is 0 Å². The lowest BCUT2D eigenvalue weighted by molar-refractivity contribution is 0.292. The Labute approximate surface area is 137 Å². The number of hydrogen-bond acceptors (Lipinski definition) is 5. The number of anilines is 2. The van der Waals surface area contributed by atoms with E-state index in [2.05, 4.69) is 36.2 Å². The number of nitrogens with one attached hydrogen (secondary N) is 1. The fraction of sp³-hybridized carbons (Fsp3) is 0.357. The topological polar surface area (TPSA) is 59.9 Å². The van der Waals surface area contributed by atoms with Gasteiger partial charge in [0.15, 0.2) is 0 Å². The summed E-state index contributed by atoms with van der Waals surface area (Å²) in [4.78, 5) is 12.2. The molecule has 21 heavy (non-hydrogen) atoms. The third-order valence-electron chi connectivity index (χ3n) is 2.76. The summed E-state index contributed by atoms with van der Waals surface area (Å²) in [7, 11) is 0. The number of nitrogens with zero attached hydrogens (tertiary/aromatic N) is 3. The van der Waals surface area contributed by atoms with Crippen molar-refractivity contribution in [3.8, 4) is 6.01 Å². The third kappa shape index (κ3) is 4.28.